The van der Waals surface area contributed by atoms with Gasteiger partial charge in [0.15, 0.2) is 0 Å². The summed E-state index contributed by atoms with van der Waals surface area (Å²) in [6.45, 7) is 2.08. The molecule has 1 heterocycles. The average Bonchev–Trinajstić information content (AvgIpc) is 3.20. The Hall–Kier alpha value is -1.49. The molecule has 1 aliphatic carbocycles. The van der Waals surface area contributed by atoms with Crippen molar-refractivity contribution in [3.63, 3.8) is 0 Å². The summed E-state index contributed by atoms with van der Waals surface area (Å²) in [6.07, 6.45) is 3.98. The SMILES string of the molecule is CC(C1CC1)N(C)C(=O)c1ccc(C(N)=S)cn1. The Bertz CT molecular complexity index is 468. The van der Waals surface area contributed by atoms with Gasteiger partial charge in [-0.1, -0.05) is 12.2 Å². The second-order valence-corrected chi connectivity index (χ2v) is 5.23. The van der Waals surface area contributed by atoms with Crippen LogP contribution >= 0.6 is 12.2 Å². The van der Waals surface area contributed by atoms with Crippen molar-refractivity contribution >= 4 is 23.1 Å². The fourth-order valence-corrected chi connectivity index (χ4v) is 2.05. The minimum atomic E-state index is -0.0520. The molecular formula is C13H17N3OS. The van der Waals surface area contributed by atoms with Gasteiger partial charge in [-0.25, -0.2) is 0 Å². The van der Waals surface area contributed by atoms with Gasteiger partial charge in [-0.05, 0) is 37.8 Å². The van der Waals surface area contributed by atoms with Crippen molar-refractivity contribution in [3.05, 3.63) is 29.6 Å². The van der Waals surface area contributed by atoms with Crippen LogP contribution in [0, 0.1) is 5.92 Å². The lowest BCUT2D eigenvalue weighted by Crippen LogP contribution is -2.36. The normalized spacial score (nSPS) is 16.1. The lowest BCUT2D eigenvalue weighted by atomic mass is 10.1. The van der Waals surface area contributed by atoms with E-state index in [0.717, 1.165) is 0 Å². The number of carbonyl (C=O) groups excluding carboxylic acids is 1. The number of nitrogens with two attached hydrogens (primary N) is 1. The van der Waals surface area contributed by atoms with E-state index in [4.69, 9.17) is 18.0 Å². The molecule has 1 aliphatic rings. The summed E-state index contributed by atoms with van der Waals surface area (Å²) in [4.78, 5) is 18.4. The van der Waals surface area contributed by atoms with E-state index in [0.29, 0.717) is 22.2 Å². The van der Waals surface area contributed by atoms with Crippen molar-refractivity contribution in [1.29, 1.82) is 0 Å². The number of thiocarbonyl (C=S) groups is 1. The zero-order chi connectivity index (χ0) is 13.3. The highest BCUT2D eigenvalue weighted by Crippen LogP contribution is 2.34. The van der Waals surface area contributed by atoms with Crippen LogP contribution in [0.25, 0.3) is 0 Å². The molecule has 1 atom stereocenters. The summed E-state index contributed by atoms with van der Waals surface area (Å²) in [5, 5.41) is 0. The summed E-state index contributed by atoms with van der Waals surface area (Å²) >= 11 is 4.85. The highest BCUT2D eigenvalue weighted by Gasteiger charge is 2.32. The van der Waals surface area contributed by atoms with Crippen LogP contribution in [0.4, 0.5) is 0 Å². The standard InChI is InChI=1S/C13H17N3OS/c1-8(9-3-4-9)16(2)13(17)11-6-5-10(7-15-11)12(14)18/h5-9H,3-4H2,1-2H3,(H2,14,18). The summed E-state index contributed by atoms with van der Waals surface area (Å²) in [5.41, 5.74) is 6.61. The molecule has 1 saturated carbocycles. The van der Waals surface area contributed by atoms with Crippen LogP contribution in [0.5, 0.6) is 0 Å². The van der Waals surface area contributed by atoms with Crippen molar-refractivity contribution in [2.75, 3.05) is 7.05 Å². The van der Waals surface area contributed by atoms with Gasteiger partial charge < -0.3 is 10.6 Å². The Morgan fingerprint density at radius 1 is 1.56 bits per heavy atom. The molecule has 1 unspecified atom stereocenters. The summed E-state index contributed by atoms with van der Waals surface area (Å²) in [7, 11) is 1.83. The summed E-state index contributed by atoms with van der Waals surface area (Å²) < 4.78 is 0. The van der Waals surface area contributed by atoms with Gasteiger partial charge in [0.25, 0.3) is 5.91 Å². The van der Waals surface area contributed by atoms with E-state index in [9.17, 15) is 4.79 Å². The maximum atomic E-state index is 12.2. The topological polar surface area (TPSA) is 59.2 Å². The number of pyridine rings is 1. The Balaban J connectivity index is 2.10. The molecule has 0 aliphatic heterocycles. The smallest absolute Gasteiger partial charge is 0.272 e. The molecule has 18 heavy (non-hydrogen) atoms. The van der Waals surface area contributed by atoms with Gasteiger partial charge in [0, 0.05) is 24.8 Å². The van der Waals surface area contributed by atoms with Crippen molar-refractivity contribution in [2.45, 2.75) is 25.8 Å². The van der Waals surface area contributed by atoms with E-state index in [1.54, 1.807) is 23.2 Å². The first-order chi connectivity index (χ1) is 8.50. The van der Waals surface area contributed by atoms with E-state index in [-0.39, 0.29) is 11.9 Å². The van der Waals surface area contributed by atoms with E-state index in [2.05, 4.69) is 11.9 Å². The average molecular weight is 263 g/mol. The Morgan fingerprint density at radius 2 is 2.22 bits per heavy atom. The molecule has 0 saturated heterocycles. The third-order valence-corrected chi connectivity index (χ3v) is 3.74. The van der Waals surface area contributed by atoms with Gasteiger partial charge in [0.2, 0.25) is 0 Å². The van der Waals surface area contributed by atoms with Gasteiger partial charge in [-0.3, -0.25) is 9.78 Å². The van der Waals surface area contributed by atoms with Gasteiger partial charge in [0.05, 0.1) is 0 Å². The van der Waals surface area contributed by atoms with E-state index < -0.39 is 0 Å². The van der Waals surface area contributed by atoms with Gasteiger partial charge in [-0.2, -0.15) is 0 Å². The second kappa shape index (κ2) is 5.02. The third kappa shape index (κ3) is 2.67. The fourth-order valence-electron chi connectivity index (χ4n) is 1.93. The molecule has 1 aromatic heterocycles. The molecule has 2 rings (SSSR count). The zero-order valence-electron chi connectivity index (χ0n) is 10.6. The largest absolute Gasteiger partial charge is 0.389 e. The van der Waals surface area contributed by atoms with Crippen molar-refractivity contribution in [2.24, 2.45) is 11.7 Å². The van der Waals surface area contributed by atoms with Gasteiger partial charge in [0.1, 0.15) is 10.7 Å². The quantitative estimate of drug-likeness (QED) is 0.838. The van der Waals surface area contributed by atoms with Crippen LogP contribution in [-0.2, 0) is 0 Å². The van der Waals surface area contributed by atoms with Crippen LogP contribution in [0.15, 0.2) is 18.3 Å². The molecule has 0 bridgehead atoms. The molecule has 0 aromatic carbocycles. The number of hydrogen-bond acceptors (Lipinski definition) is 3. The first kappa shape index (κ1) is 13.0. The molecule has 1 fully saturated rings. The second-order valence-electron chi connectivity index (χ2n) is 4.79. The number of amides is 1. The highest BCUT2D eigenvalue weighted by molar-refractivity contribution is 7.80. The Morgan fingerprint density at radius 3 is 2.67 bits per heavy atom. The van der Waals surface area contributed by atoms with E-state index >= 15 is 0 Å². The Labute approximate surface area is 112 Å². The molecule has 2 N–H and O–H groups in total. The predicted octanol–water partition coefficient (Wildman–Crippen LogP) is 1.59. The zero-order valence-corrected chi connectivity index (χ0v) is 11.4. The molecule has 0 spiro atoms. The molecule has 0 radical (unpaired) electrons. The van der Waals surface area contributed by atoms with Crippen molar-refractivity contribution < 1.29 is 4.79 Å². The molecule has 1 aromatic rings. The van der Waals surface area contributed by atoms with E-state index in [1.165, 1.54) is 12.8 Å². The Kier molecular flexibility index (Phi) is 3.61. The monoisotopic (exact) mass is 263 g/mol. The molecular weight excluding hydrogens is 246 g/mol. The molecule has 96 valence electrons. The van der Waals surface area contributed by atoms with Crippen molar-refractivity contribution in [1.82, 2.24) is 9.88 Å². The van der Waals surface area contributed by atoms with Crippen molar-refractivity contribution in [3.8, 4) is 0 Å². The van der Waals surface area contributed by atoms with Gasteiger partial charge >= 0.3 is 0 Å². The van der Waals surface area contributed by atoms with Crippen LogP contribution in [-0.4, -0.2) is 33.9 Å². The molecule has 4 nitrogen and oxygen atoms in total. The number of rotatable bonds is 4. The predicted molar refractivity (Wildman–Crippen MR) is 74.4 cm³/mol. The minimum absolute atomic E-state index is 0.0520. The van der Waals surface area contributed by atoms with Gasteiger partial charge in [-0.15, -0.1) is 0 Å². The minimum Gasteiger partial charge on any atom is -0.389 e. The maximum absolute atomic E-state index is 12.2. The van der Waals surface area contributed by atoms with E-state index in [1.807, 2.05) is 7.05 Å². The maximum Gasteiger partial charge on any atom is 0.272 e. The van der Waals surface area contributed by atoms with Crippen LogP contribution in [0.3, 0.4) is 0 Å². The number of aromatic nitrogens is 1. The number of hydrogen-bond donors (Lipinski definition) is 1. The number of carbonyl (C=O) groups is 1. The highest BCUT2D eigenvalue weighted by atomic mass is 32.1. The van der Waals surface area contributed by atoms with Crippen LogP contribution < -0.4 is 5.73 Å². The van der Waals surface area contributed by atoms with Crippen LogP contribution in [0.2, 0.25) is 0 Å². The first-order valence-corrected chi connectivity index (χ1v) is 6.44. The first-order valence-electron chi connectivity index (χ1n) is 6.03. The summed E-state index contributed by atoms with van der Waals surface area (Å²) in [5.74, 6) is 0.596. The van der Waals surface area contributed by atoms with Crippen LogP contribution in [0.1, 0.15) is 35.8 Å². The number of nitrogens with zero attached hydrogens (tertiary/aromatic N) is 2. The molecule has 5 heteroatoms. The fraction of sp³-hybridized carbons (Fsp3) is 0.462. The third-order valence-electron chi connectivity index (χ3n) is 3.50. The lowest BCUT2D eigenvalue weighted by Gasteiger charge is -2.24. The lowest BCUT2D eigenvalue weighted by molar-refractivity contribution is 0.0721. The summed E-state index contributed by atoms with van der Waals surface area (Å²) in [6, 6.07) is 3.68. The molecule has 1 amide bonds.